The highest BCUT2D eigenvalue weighted by Crippen LogP contribution is 2.30. The third-order valence-corrected chi connectivity index (χ3v) is 2.41. The van der Waals surface area contributed by atoms with E-state index in [9.17, 15) is 19.5 Å². The van der Waals surface area contributed by atoms with Crippen LogP contribution in [0.2, 0.25) is 0 Å². The van der Waals surface area contributed by atoms with Crippen LogP contribution in [0, 0.1) is 0 Å². The maximum Gasteiger partial charge on any atom is 0.323 e. The molecule has 2 amide bonds. The molecule has 1 aromatic carbocycles. The molecule has 0 saturated heterocycles. The minimum atomic E-state index is -1.30. The SMILES string of the molecule is COc1cccc(C(=O)N(CC(N)=O)CC(=O)O)c1O. The summed E-state index contributed by atoms with van der Waals surface area (Å²) in [5.74, 6) is -3.36. The number of nitrogens with zero attached hydrogens (tertiary/aromatic N) is 1. The summed E-state index contributed by atoms with van der Waals surface area (Å²) in [6, 6.07) is 4.17. The van der Waals surface area contributed by atoms with Crippen LogP contribution >= 0.6 is 0 Å². The Kier molecular flexibility index (Phi) is 4.90. The van der Waals surface area contributed by atoms with Gasteiger partial charge in [-0.25, -0.2) is 0 Å². The van der Waals surface area contributed by atoms with E-state index >= 15 is 0 Å². The van der Waals surface area contributed by atoms with Crippen molar-refractivity contribution in [2.24, 2.45) is 5.73 Å². The molecule has 0 aliphatic rings. The van der Waals surface area contributed by atoms with E-state index in [1.165, 1.54) is 25.3 Å². The first kappa shape index (κ1) is 15.3. The van der Waals surface area contributed by atoms with Crippen molar-refractivity contribution in [3.05, 3.63) is 23.8 Å². The largest absolute Gasteiger partial charge is 0.504 e. The fourth-order valence-corrected chi connectivity index (χ4v) is 1.58. The Labute approximate surface area is 114 Å². The lowest BCUT2D eigenvalue weighted by molar-refractivity contribution is -0.138. The third-order valence-electron chi connectivity index (χ3n) is 2.41. The second-order valence-electron chi connectivity index (χ2n) is 3.88. The molecule has 0 aliphatic heterocycles. The maximum absolute atomic E-state index is 12.1. The van der Waals surface area contributed by atoms with Crippen molar-refractivity contribution < 1.29 is 29.3 Å². The van der Waals surface area contributed by atoms with Gasteiger partial charge in [0, 0.05) is 0 Å². The van der Waals surface area contributed by atoms with E-state index in [1.807, 2.05) is 0 Å². The average Bonchev–Trinajstić information content (AvgIpc) is 2.36. The second kappa shape index (κ2) is 6.41. The Hall–Kier alpha value is -2.77. The zero-order valence-corrected chi connectivity index (χ0v) is 10.7. The number of hydrogen-bond acceptors (Lipinski definition) is 5. The molecule has 1 rings (SSSR count). The van der Waals surface area contributed by atoms with Gasteiger partial charge in [0.1, 0.15) is 13.1 Å². The number of para-hydroxylation sites is 1. The van der Waals surface area contributed by atoms with Gasteiger partial charge in [-0.3, -0.25) is 14.4 Å². The van der Waals surface area contributed by atoms with Crippen LogP contribution in [-0.2, 0) is 9.59 Å². The van der Waals surface area contributed by atoms with Crippen molar-refractivity contribution in [1.82, 2.24) is 4.90 Å². The number of aromatic hydroxyl groups is 1. The van der Waals surface area contributed by atoms with Crippen molar-refractivity contribution in [3.63, 3.8) is 0 Å². The van der Waals surface area contributed by atoms with Crippen LogP contribution in [0.15, 0.2) is 18.2 Å². The summed E-state index contributed by atoms with van der Waals surface area (Å²) in [6.07, 6.45) is 0. The van der Waals surface area contributed by atoms with Crippen molar-refractivity contribution in [1.29, 1.82) is 0 Å². The molecule has 0 aromatic heterocycles. The van der Waals surface area contributed by atoms with Gasteiger partial charge in [0.05, 0.1) is 12.7 Å². The van der Waals surface area contributed by atoms with Crippen LogP contribution in [0.4, 0.5) is 0 Å². The van der Waals surface area contributed by atoms with Gasteiger partial charge in [0.15, 0.2) is 11.5 Å². The number of phenolic OH excluding ortho intramolecular Hbond substituents is 1. The summed E-state index contributed by atoms with van der Waals surface area (Å²) >= 11 is 0. The number of carboxylic acids is 1. The van der Waals surface area contributed by atoms with Crippen LogP contribution in [0.1, 0.15) is 10.4 Å². The van der Waals surface area contributed by atoms with Gasteiger partial charge in [-0.05, 0) is 12.1 Å². The number of primary amides is 1. The van der Waals surface area contributed by atoms with E-state index in [1.54, 1.807) is 0 Å². The molecule has 1 aromatic rings. The van der Waals surface area contributed by atoms with E-state index < -0.39 is 36.6 Å². The summed E-state index contributed by atoms with van der Waals surface area (Å²) in [4.78, 5) is 34.5. The van der Waals surface area contributed by atoms with Gasteiger partial charge in [0.25, 0.3) is 5.91 Å². The quantitative estimate of drug-likeness (QED) is 0.639. The highest BCUT2D eigenvalue weighted by Gasteiger charge is 2.24. The average molecular weight is 282 g/mol. The lowest BCUT2D eigenvalue weighted by Crippen LogP contribution is -2.41. The molecule has 8 heteroatoms. The van der Waals surface area contributed by atoms with Crippen LogP contribution < -0.4 is 10.5 Å². The predicted octanol–water partition coefficient (Wildman–Crippen LogP) is -0.587. The number of aliphatic carboxylic acids is 1. The topological polar surface area (TPSA) is 130 Å². The highest BCUT2D eigenvalue weighted by molar-refractivity contribution is 6.00. The number of amides is 2. The predicted molar refractivity (Wildman–Crippen MR) is 67.4 cm³/mol. The fraction of sp³-hybridized carbons (Fsp3) is 0.250. The Bertz CT molecular complexity index is 527. The Morgan fingerprint density at radius 2 is 1.95 bits per heavy atom. The number of carbonyl (C=O) groups is 3. The Morgan fingerprint density at radius 3 is 2.45 bits per heavy atom. The van der Waals surface area contributed by atoms with Gasteiger partial charge in [0.2, 0.25) is 5.91 Å². The number of hydrogen-bond donors (Lipinski definition) is 3. The number of carboxylic acid groups (broad SMARTS) is 1. The van der Waals surface area contributed by atoms with Gasteiger partial charge in [-0.2, -0.15) is 0 Å². The summed E-state index contributed by atoms with van der Waals surface area (Å²) < 4.78 is 4.85. The van der Waals surface area contributed by atoms with Crippen LogP contribution in [0.5, 0.6) is 11.5 Å². The van der Waals surface area contributed by atoms with E-state index in [2.05, 4.69) is 0 Å². The first-order valence-corrected chi connectivity index (χ1v) is 5.52. The van der Waals surface area contributed by atoms with Gasteiger partial charge >= 0.3 is 5.97 Å². The molecule has 0 saturated carbocycles. The van der Waals surface area contributed by atoms with E-state index in [4.69, 9.17) is 15.6 Å². The number of nitrogens with two attached hydrogens (primary N) is 1. The monoisotopic (exact) mass is 282 g/mol. The van der Waals surface area contributed by atoms with Crippen LogP contribution in [-0.4, -0.2) is 53.1 Å². The second-order valence-corrected chi connectivity index (χ2v) is 3.88. The smallest absolute Gasteiger partial charge is 0.323 e. The zero-order chi connectivity index (χ0) is 15.3. The molecule has 0 spiro atoms. The third kappa shape index (κ3) is 3.61. The van der Waals surface area contributed by atoms with Crippen molar-refractivity contribution in [2.45, 2.75) is 0 Å². The Balaban J connectivity index is 3.11. The lowest BCUT2D eigenvalue weighted by atomic mass is 10.1. The molecule has 20 heavy (non-hydrogen) atoms. The van der Waals surface area contributed by atoms with Crippen molar-refractivity contribution in [3.8, 4) is 11.5 Å². The van der Waals surface area contributed by atoms with Crippen LogP contribution in [0.3, 0.4) is 0 Å². The molecular formula is C12H14N2O6. The molecule has 0 heterocycles. The first-order chi connectivity index (χ1) is 9.36. The van der Waals surface area contributed by atoms with Gasteiger partial charge < -0.3 is 25.6 Å². The minimum Gasteiger partial charge on any atom is -0.504 e. The fourth-order valence-electron chi connectivity index (χ4n) is 1.58. The zero-order valence-electron chi connectivity index (χ0n) is 10.7. The Morgan fingerprint density at radius 1 is 1.30 bits per heavy atom. The molecular weight excluding hydrogens is 268 g/mol. The molecule has 0 fully saturated rings. The summed E-state index contributed by atoms with van der Waals surface area (Å²) in [6.45, 7) is -1.28. The highest BCUT2D eigenvalue weighted by atomic mass is 16.5. The van der Waals surface area contributed by atoms with Gasteiger partial charge in [-0.15, -0.1) is 0 Å². The maximum atomic E-state index is 12.1. The molecule has 0 radical (unpaired) electrons. The summed E-state index contributed by atoms with van der Waals surface area (Å²) in [7, 11) is 1.31. The molecule has 0 bridgehead atoms. The lowest BCUT2D eigenvalue weighted by Gasteiger charge is -2.19. The number of phenols is 1. The van der Waals surface area contributed by atoms with E-state index in [0.717, 1.165) is 4.90 Å². The number of ether oxygens (including phenoxy) is 1. The van der Waals surface area contributed by atoms with Gasteiger partial charge in [-0.1, -0.05) is 6.07 Å². The molecule has 0 aliphatic carbocycles. The minimum absolute atomic E-state index is 0.0604. The molecule has 8 nitrogen and oxygen atoms in total. The summed E-state index contributed by atoms with van der Waals surface area (Å²) in [5.41, 5.74) is 4.79. The van der Waals surface area contributed by atoms with E-state index in [0.29, 0.717) is 0 Å². The van der Waals surface area contributed by atoms with Crippen molar-refractivity contribution in [2.75, 3.05) is 20.2 Å². The van der Waals surface area contributed by atoms with E-state index in [-0.39, 0.29) is 11.3 Å². The first-order valence-electron chi connectivity index (χ1n) is 5.52. The molecule has 0 atom stereocenters. The standard InChI is InChI=1S/C12H14N2O6/c1-20-8-4-2-3-7(11(8)18)12(19)14(5-9(13)15)6-10(16)17/h2-4,18H,5-6H2,1H3,(H2,13,15)(H,16,17). The summed E-state index contributed by atoms with van der Waals surface area (Å²) in [5, 5.41) is 18.6. The van der Waals surface area contributed by atoms with Crippen LogP contribution in [0.25, 0.3) is 0 Å². The number of carbonyl (C=O) groups excluding carboxylic acids is 2. The van der Waals surface area contributed by atoms with Crippen molar-refractivity contribution >= 4 is 17.8 Å². The number of methoxy groups -OCH3 is 1. The molecule has 4 N–H and O–H groups in total. The molecule has 0 unspecified atom stereocenters. The number of benzene rings is 1. The molecule has 108 valence electrons. The number of rotatable bonds is 6. The normalized spacial score (nSPS) is 9.85.